The molecular weight excluding hydrogens is 398 g/mol. The number of thiophene rings is 1. The van der Waals surface area contributed by atoms with Gasteiger partial charge in [0.1, 0.15) is 0 Å². The van der Waals surface area contributed by atoms with Crippen LogP contribution in [0.25, 0.3) is 10.2 Å². The number of aromatic nitrogens is 3. The number of carbonyl (C=O) groups excluding carboxylic acids is 1. The van der Waals surface area contributed by atoms with E-state index in [1.165, 1.54) is 11.3 Å². The summed E-state index contributed by atoms with van der Waals surface area (Å²) in [5.41, 5.74) is 2.21. The molecule has 1 N–H and O–H groups in total. The van der Waals surface area contributed by atoms with Crippen molar-refractivity contribution in [2.24, 2.45) is 0 Å². The average Bonchev–Trinajstić information content (AvgIpc) is 3.47. The second-order valence-corrected chi connectivity index (χ2v) is 7.48. The number of fused-ring (bicyclic) bond motifs is 1. The molecule has 0 radical (unpaired) electrons. The molecule has 3 aromatic rings. The number of rotatable bonds is 4. The molecule has 1 unspecified atom stereocenters. The monoisotopic (exact) mass is 429 g/mol. The van der Waals surface area contributed by atoms with Crippen LogP contribution in [-0.2, 0) is 4.74 Å². The lowest BCUT2D eigenvalue weighted by molar-refractivity contribution is 0.0789. The third kappa shape index (κ3) is 5.96. The van der Waals surface area contributed by atoms with Gasteiger partial charge >= 0.3 is 0 Å². The molecule has 3 aromatic heterocycles. The number of ether oxygens (including phenoxy) is 1. The van der Waals surface area contributed by atoms with E-state index in [0.29, 0.717) is 11.6 Å². The Labute approximate surface area is 182 Å². The third-order valence-electron chi connectivity index (χ3n) is 4.38. The zero-order chi connectivity index (χ0) is 21.9. The zero-order valence-electron chi connectivity index (χ0n) is 18.4. The molecule has 0 saturated carbocycles. The molecule has 4 rings (SSSR count). The van der Waals surface area contributed by atoms with Crippen LogP contribution in [-0.4, -0.2) is 53.1 Å². The number of anilines is 1. The Kier molecular flexibility index (Phi) is 9.63. The Bertz CT molecular complexity index is 910. The molecule has 30 heavy (non-hydrogen) atoms. The van der Waals surface area contributed by atoms with Crippen molar-refractivity contribution >= 4 is 33.4 Å². The minimum absolute atomic E-state index is 0.000823. The summed E-state index contributed by atoms with van der Waals surface area (Å²) in [7, 11) is 3.25. The number of likely N-dealkylation sites (tertiary alicyclic amines) is 1. The predicted molar refractivity (Wildman–Crippen MR) is 123 cm³/mol. The maximum atomic E-state index is 12.9. The number of amides is 1. The predicted octanol–water partition coefficient (Wildman–Crippen LogP) is 4.78. The topological polar surface area (TPSA) is 80.2 Å². The normalized spacial score (nSPS) is 13.7. The van der Waals surface area contributed by atoms with Gasteiger partial charge in [0.05, 0.1) is 22.0 Å². The van der Waals surface area contributed by atoms with Crippen molar-refractivity contribution in [2.75, 3.05) is 32.6 Å². The Hall–Kier alpha value is -2.58. The van der Waals surface area contributed by atoms with E-state index >= 15 is 0 Å². The summed E-state index contributed by atoms with van der Waals surface area (Å²) in [6.07, 6.45) is 3.89. The van der Waals surface area contributed by atoms with Crippen LogP contribution in [0, 0.1) is 0 Å². The first-order valence-electron chi connectivity index (χ1n) is 10.3. The Morgan fingerprint density at radius 3 is 2.50 bits per heavy atom. The van der Waals surface area contributed by atoms with Gasteiger partial charge in [-0.05, 0) is 43.3 Å². The van der Waals surface area contributed by atoms with E-state index in [9.17, 15) is 4.79 Å². The van der Waals surface area contributed by atoms with Gasteiger partial charge < -0.3 is 15.0 Å². The summed E-state index contributed by atoms with van der Waals surface area (Å²) in [5, 5.41) is 5.23. The van der Waals surface area contributed by atoms with E-state index in [1.54, 1.807) is 20.4 Å². The van der Waals surface area contributed by atoms with Gasteiger partial charge in [-0.2, -0.15) is 0 Å². The van der Waals surface area contributed by atoms with Crippen molar-refractivity contribution < 1.29 is 9.53 Å². The third-order valence-corrected chi connectivity index (χ3v) is 5.29. The highest BCUT2D eigenvalue weighted by molar-refractivity contribution is 7.17. The maximum absolute atomic E-state index is 12.9. The zero-order valence-corrected chi connectivity index (χ0v) is 19.2. The molecule has 1 fully saturated rings. The van der Waals surface area contributed by atoms with Gasteiger partial charge in [0.25, 0.3) is 5.91 Å². The highest BCUT2D eigenvalue weighted by Gasteiger charge is 2.24. The maximum Gasteiger partial charge on any atom is 0.274 e. The summed E-state index contributed by atoms with van der Waals surface area (Å²) in [4.78, 5) is 28.2. The average molecular weight is 430 g/mol. The summed E-state index contributed by atoms with van der Waals surface area (Å²) in [6.45, 7) is 7.62. The molecule has 0 spiro atoms. The largest absolute Gasteiger partial charge is 0.388 e. The fraction of sp³-hybridized carbons (Fsp3) is 0.455. The van der Waals surface area contributed by atoms with Crippen LogP contribution in [0.1, 0.15) is 55.8 Å². The number of nitrogens with one attached hydrogen (secondary N) is 1. The van der Waals surface area contributed by atoms with Crippen LogP contribution in [0.4, 0.5) is 5.95 Å². The minimum Gasteiger partial charge on any atom is -0.388 e. The molecule has 162 valence electrons. The highest BCUT2D eigenvalue weighted by atomic mass is 32.1. The van der Waals surface area contributed by atoms with Crippen molar-refractivity contribution in [3.63, 3.8) is 0 Å². The SMILES string of the molecule is CC.CC(Nc1nc(C(=O)N2CCCC2)c2sccc2n1)c1ccccn1.COC. The molecule has 4 heterocycles. The lowest BCUT2D eigenvalue weighted by Gasteiger charge is -2.17. The van der Waals surface area contributed by atoms with Crippen LogP contribution in [0.3, 0.4) is 0 Å². The van der Waals surface area contributed by atoms with Crippen molar-refractivity contribution in [2.45, 2.75) is 39.7 Å². The van der Waals surface area contributed by atoms with Crippen LogP contribution in [0.5, 0.6) is 0 Å². The fourth-order valence-corrected chi connectivity index (χ4v) is 3.85. The molecule has 1 atom stereocenters. The van der Waals surface area contributed by atoms with E-state index in [-0.39, 0.29) is 11.9 Å². The van der Waals surface area contributed by atoms with Crippen LogP contribution in [0.15, 0.2) is 35.8 Å². The lowest BCUT2D eigenvalue weighted by atomic mass is 10.2. The lowest BCUT2D eigenvalue weighted by Crippen LogP contribution is -2.29. The molecule has 1 aliphatic heterocycles. The van der Waals surface area contributed by atoms with E-state index in [4.69, 9.17) is 0 Å². The summed E-state index contributed by atoms with van der Waals surface area (Å²) >= 11 is 1.51. The standard InChI is InChI=1S/C18H19N5OS.C2H6O.C2H6/c1-12(13-6-2-3-8-19-13)20-18-21-14-7-11-25-16(14)15(22-18)17(24)23-9-4-5-10-23;1-3-2;1-2/h2-3,6-8,11-12H,4-5,9-10H2,1H3,(H,20,21,22);1-2H3;1-2H3. The van der Waals surface area contributed by atoms with Crippen molar-refractivity contribution in [3.05, 3.63) is 47.2 Å². The molecular formula is C22H31N5O2S. The smallest absolute Gasteiger partial charge is 0.274 e. The van der Waals surface area contributed by atoms with Crippen LogP contribution in [0.2, 0.25) is 0 Å². The molecule has 1 aliphatic rings. The van der Waals surface area contributed by atoms with Crippen LogP contribution < -0.4 is 5.32 Å². The molecule has 1 saturated heterocycles. The van der Waals surface area contributed by atoms with Gasteiger partial charge in [0, 0.05) is 33.5 Å². The van der Waals surface area contributed by atoms with Gasteiger partial charge in [-0.15, -0.1) is 11.3 Å². The number of pyridine rings is 1. The first kappa shape index (κ1) is 23.7. The van der Waals surface area contributed by atoms with Gasteiger partial charge in [-0.1, -0.05) is 19.9 Å². The van der Waals surface area contributed by atoms with E-state index in [0.717, 1.165) is 41.8 Å². The molecule has 0 aliphatic carbocycles. The quantitative estimate of drug-likeness (QED) is 0.643. The Morgan fingerprint density at radius 1 is 1.17 bits per heavy atom. The fourth-order valence-electron chi connectivity index (χ4n) is 3.04. The van der Waals surface area contributed by atoms with E-state index in [2.05, 4.69) is 25.0 Å². The van der Waals surface area contributed by atoms with Crippen molar-refractivity contribution in [3.8, 4) is 0 Å². The number of nitrogens with zero attached hydrogens (tertiary/aromatic N) is 4. The van der Waals surface area contributed by atoms with E-state index in [1.807, 2.05) is 55.3 Å². The number of carbonyl (C=O) groups is 1. The van der Waals surface area contributed by atoms with Crippen LogP contribution >= 0.6 is 11.3 Å². The molecule has 0 aromatic carbocycles. The second-order valence-electron chi connectivity index (χ2n) is 6.56. The van der Waals surface area contributed by atoms with Gasteiger partial charge in [-0.3, -0.25) is 9.78 Å². The van der Waals surface area contributed by atoms with Crippen molar-refractivity contribution in [1.82, 2.24) is 19.9 Å². The number of hydrogen-bond acceptors (Lipinski definition) is 7. The van der Waals surface area contributed by atoms with Gasteiger partial charge in [0.2, 0.25) is 5.95 Å². The summed E-state index contributed by atoms with van der Waals surface area (Å²) in [6, 6.07) is 7.67. The molecule has 8 heteroatoms. The van der Waals surface area contributed by atoms with E-state index < -0.39 is 0 Å². The number of hydrogen-bond donors (Lipinski definition) is 1. The minimum atomic E-state index is -0.0491. The highest BCUT2D eigenvalue weighted by Crippen LogP contribution is 2.26. The molecule has 1 amide bonds. The number of methoxy groups -OCH3 is 1. The van der Waals surface area contributed by atoms with Gasteiger partial charge in [-0.25, -0.2) is 9.97 Å². The Morgan fingerprint density at radius 2 is 1.87 bits per heavy atom. The molecule has 7 nitrogen and oxygen atoms in total. The first-order valence-corrected chi connectivity index (χ1v) is 11.1. The van der Waals surface area contributed by atoms with Crippen molar-refractivity contribution in [1.29, 1.82) is 0 Å². The summed E-state index contributed by atoms with van der Waals surface area (Å²) < 4.78 is 5.10. The second kappa shape index (κ2) is 12.2. The molecule has 0 bridgehead atoms. The van der Waals surface area contributed by atoms with Gasteiger partial charge in [0.15, 0.2) is 5.69 Å². The Balaban J connectivity index is 0.000000590. The summed E-state index contributed by atoms with van der Waals surface area (Å²) in [5.74, 6) is 0.465. The first-order chi connectivity index (χ1) is 14.6.